The Labute approximate surface area is 161 Å². The molecule has 0 saturated heterocycles. The summed E-state index contributed by atoms with van der Waals surface area (Å²) < 4.78 is 10.4. The molecule has 0 aliphatic carbocycles. The van der Waals surface area contributed by atoms with Crippen molar-refractivity contribution in [2.75, 3.05) is 7.11 Å². The first-order chi connectivity index (χ1) is 12.3. The molecule has 6 nitrogen and oxygen atoms in total. The maximum absolute atomic E-state index is 12.7. The number of amides is 2. The van der Waals surface area contributed by atoms with Crippen LogP contribution in [0.25, 0.3) is 0 Å². The number of nitrogens with one attached hydrogen (secondary N) is 2. The van der Waals surface area contributed by atoms with E-state index in [0.29, 0.717) is 5.76 Å². The van der Waals surface area contributed by atoms with Crippen LogP contribution in [0, 0.1) is 5.92 Å². The van der Waals surface area contributed by atoms with E-state index in [2.05, 4.69) is 10.6 Å². The Morgan fingerprint density at radius 3 is 2.46 bits per heavy atom. The van der Waals surface area contributed by atoms with Gasteiger partial charge in [0.2, 0.25) is 5.91 Å². The van der Waals surface area contributed by atoms with Gasteiger partial charge >= 0.3 is 0 Å². The van der Waals surface area contributed by atoms with Crippen molar-refractivity contribution in [3.63, 3.8) is 0 Å². The molecule has 2 aromatic rings. The normalized spacial score (nSPS) is 11.9. The van der Waals surface area contributed by atoms with E-state index >= 15 is 0 Å². The molecule has 0 aliphatic rings. The molecule has 140 valence electrons. The molecule has 0 bridgehead atoms. The molecule has 1 aromatic carbocycles. The fourth-order valence-electron chi connectivity index (χ4n) is 2.39. The zero-order valence-corrected chi connectivity index (χ0v) is 16.1. The number of hydrogen-bond acceptors (Lipinski definition) is 4. The smallest absolute Gasteiger partial charge is 0.257 e. The molecule has 1 atom stereocenters. The third-order valence-electron chi connectivity index (χ3n) is 3.74. The molecule has 0 spiro atoms. The highest BCUT2D eigenvalue weighted by Crippen LogP contribution is 2.33. The Balaban J connectivity index is 2.15. The molecule has 0 radical (unpaired) electrons. The van der Waals surface area contributed by atoms with Crippen LogP contribution in [-0.2, 0) is 11.3 Å². The monoisotopic (exact) mass is 398 g/mol. The van der Waals surface area contributed by atoms with Crippen LogP contribution in [-0.4, -0.2) is 25.0 Å². The van der Waals surface area contributed by atoms with E-state index in [1.807, 2.05) is 13.8 Å². The Hall–Kier alpha value is -2.18. The van der Waals surface area contributed by atoms with Crippen molar-refractivity contribution < 1.29 is 18.7 Å². The first kappa shape index (κ1) is 20.1. The largest absolute Gasteiger partial charge is 0.494 e. The van der Waals surface area contributed by atoms with Crippen molar-refractivity contribution in [2.45, 2.75) is 26.4 Å². The summed E-state index contributed by atoms with van der Waals surface area (Å²) in [5, 5.41) is 5.88. The molecule has 2 N–H and O–H groups in total. The van der Waals surface area contributed by atoms with Gasteiger partial charge in [-0.15, -0.1) is 0 Å². The number of benzene rings is 1. The highest BCUT2D eigenvalue weighted by Gasteiger charge is 2.27. The Morgan fingerprint density at radius 2 is 1.88 bits per heavy atom. The van der Waals surface area contributed by atoms with E-state index in [-0.39, 0.29) is 39.7 Å². The van der Waals surface area contributed by atoms with Gasteiger partial charge in [0.15, 0.2) is 5.75 Å². The second kappa shape index (κ2) is 8.96. The highest BCUT2D eigenvalue weighted by molar-refractivity contribution is 6.37. The zero-order chi connectivity index (χ0) is 19.3. The van der Waals surface area contributed by atoms with E-state index in [4.69, 9.17) is 32.4 Å². The topological polar surface area (TPSA) is 80.6 Å². The fourth-order valence-corrected chi connectivity index (χ4v) is 2.86. The van der Waals surface area contributed by atoms with Gasteiger partial charge in [-0.25, -0.2) is 0 Å². The molecular formula is C18H20Cl2N2O4. The van der Waals surface area contributed by atoms with Gasteiger partial charge in [0.05, 0.1) is 30.0 Å². The summed E-state index contributed by atoms with van der Waals surface area (Å²) in [7, 11) is 1.39. The van der Waals surface area contributed by atoms with Crippen molar-refractivity contribution in [1.82, 2.24) is 10.6 Å². The predicted molar refractivity (Wildman–Crippen MR) is 99.7 cm³/mol. The van der Waals surface area contributed by atoms with Gasteiger partial charge in [-0.05, 0) is 30.2 Å². The van der Waals surface area contributed by atoms with Gasteiger partial charge in [-0.1, -0.05) is 37.0 Å². The van der Waals surface area contributed by atoms with Crippen molar-refractivity contribution in [3.05, 3.63) is 51.9 Å². The minimum Gasteiger partial charge on any atom is -0.494 e. The summed E-state index contributed by atoms with van der Waals surface area (Å²) in [6.45, 7) is 3.88. The lowest BCUT2D eigenvalue weighted by Crippen LogP contribution is -2.49. The maximum Gasteiger partial charge on any atom is 0.257 e. The number of carbonyl (C=O) groups is 2. The van der Waals surface area contributed by atoms with Gasteiger partial charge in [0.1, 0.15) is 17.4 Å². The summed E-state index contributed by atoms with van der Waals surface area (Å²) in [5.74, 6) is -0.246. The van der Waals surface area contributed by atoms with E-state index in [9.17, 15) is 9.59 Å². The number of carbonyl (C=O) groups excluding carboxylic acids is 2. The first-order valence-electron chi connectivity index (χ1n) is 7.98. The SMILES string of the molecule is COc1c(Cl)ccc(Cl)c1C(=O)N[C@H](C(=O)NCc1ccco1)C(C)C. The van der Waals surface area contributed by atoms with Crippen LogP contribution < -0.4 is 15.4 Å². The van der Waals surface area contributed by atoms with E-state index in [0.717, 1.165) is 0 Å². The molecule has 0 fully saturated rings. The Kier molecular flexibility index (Phi) is 6.94. The number of rotatable bonds is 7. The quantitative estimate of drug-likeness (QED) is 0.745. The van der Waals surface area contributed by atoms with Crippen molar-refractivity contribution in [2.24, 2.45) is 5.92 Å². The molecule has 26 heavy (non-hydrogen) atoms. The average Bonchev–Trinajstić information content (AvgIpc) is 3.12. The summed E-state index contributed by atoms with van der Waals surface area (Å²) in [6, 6.07) is 5.76. The summed E-state index contributed by atoms with van der Waals surface area (Å²) in [4.78, 5) is 25.2. The van der Waals surface area contributed by atoms with Crippen molar-refractivity contribution >= 4 is 35.0 Å². The average molecular weight is 399 g/mol. The van der Waals surface area contributed by atoms with Crippen LogP contribution in [0.1, 0.15) is 30.0 Å². The van der Waals surface area contributed by atoms with Gasteiger partial charge in [0, 0.05) is 0 Å². The van der Waals surface area contributed by atoms with Crippen LogP contribution in [0.2, 0.25) is 10.0 Å². The summed E-state index contributed by atoms with van der Waals surface area (Å²) in [5.41, 5.74) is 0.0890. The second-order valence-corrected chi connectivity index (χ2v) is 6.74. The number of ether oxygens (including phenoxy) is 1. The standard InChI is InChI=1S/C18H20Cl2N2O4/c1-10(2)15(18(24)21-9-11-5-4-8-26-11)22-17(23)14-12(19)6-7-13(20)16(14)25-3/h4-8,10,15H,9H2,1-3H3,(H,21,24)(H,22,23)/t15-/m0/s1. The third-order valence-corrected chi connectivity index (χ3v) is 4.36. The Bertz CT molecular complexity index is 776. The number of halogens is 2. The van der Waals surface area contributed by atoms with Crippen LogP contribution in [0.4, 0.5) is 0 Å². The third kappa shape index (κ3) is 4.71. The second-order valence-electron chi connectivity index (χ2n) is 5.93. The fraction of sp³-hybridized carbons (Fsp3) is 0.333. The minimum atomic E-state index is -0.766. The molecular weight excluding hydrogens is 379 g/mol. The lowest BCUT2D eigenvalue weighted by molar-refractivity contribution is -0.124. The van der Waals surface area contributed by atoms with Gasteiger partial charge < -0.3 is 19.8 Å². The van der Waals surface area contributed by atoms with Crippen LogP contribution >= 0.6 is 23.2 Å². The number of hydrogen-bond donors (Lipinski definition) is 2. The van der Waals surface area contributed by atoms with Gasteiger partial charge in [0.25, 0.3) is 5.91 Å². The van der Waals surface area contributed by atoms with E-state index < -0.39 is 11.9 Å². The number of furan rings is 1. The van der Waals surface area contributed by atoms with Crippen LogP contribution in [0.15, 0.2) is 34.9 Å². The molecule has 0 aliphatic heterocycles. The van der Waals surface area contributed by atoms with Crippen molar-refractivity contribution in [1.29, 1.82) is 0 Å². The molecule has 1 heterocycles. The molecule has 2 amide bonds. The van der Waals surface area contributed by atoms with E-state index in [1.165, 1.54) is 25.5 Å². The lowest BCUT2D eigenvalue weighted by Gasteiger charge is -2.22. The summed E-state index contributed by atoms with van der Waals surface area (Å²) >= 11 is 12.2. The maximum atomic E-state index is 12.7. The molecule has 8 heteroatoms. The molecule has 0 saturated carbocycles. The van der Waals surface area contributed by atoms with Gasteiger partial charge in [-0.3, -0.25) is 9.59 Å². The van der Waals surface area contributed by atoms with Gasteiger partial charge in [-0.2, -0.15) is 0 Å². The predicted octanol–water partition coefficient (Wildman–Crippen LogP) is 3.67. The molecule has 1 aromatic heterocycles. The molecule has 2 rings (SSSR count). The molecule has 0 unspecified atom stereocenters. The number of methoxy groups -OCH3 is 1. The minimum absolute atomic E-state index is 0.0890. The van der Waals surface area contributed by atoms with Crippen LogP contribution in [0.5, 0.6) is 5.75 Å². The highest BCUT2D eigenvalue weighted by atomic mass is 35.5. The van der Waals surface area contributed by atoms with E-state index in [1.54, 1.807) is 12.1 Å². The summed E-state index contributed by atoms with van der Waals surface area (Å²) in [6.07, 6.45) is 1.52. The Morgan fingerprint density at radius 1 is 1.19 bits per heavy atom. The lowest BCUT2D eigenvalue weighted by atomic mass is 10.0. The van der Waals surface area contributed by atoms with Crippen molar-refractivity contribution in [3.8, 4) is 5.75 Å². The first-order valence-corrected chi connectivity index (χ1v) is 8.73. The van der Waals surface area contributed by atoms with Crippen LogP contribution in [0.3, 0.4) is 0 Å². The zero-order valence-electron chi connectivity index (χ0n) is 14.6.